The van der Waals surface area contributed by atoms with Crippen LogP contribution in [0.15, 0.2) is 42.7 Å². The second-order valence-electron chi connectivity index (χ2n) is 7.69. The summed E-state index contributed by atoms with van der Waals surface area (Å²) in [5.74, 6) is 2.15. The number of ether oxygens (including phenoxy) is 1. The number of hydrogen-bond donors (Lipinski definition) is 1. The number of carbonyl (C=O) groups is 1. The summed E-state index contributed by atoms with van der Waals surface area (Å²) >= 11 is 0. The molecule has 1 saturated carbocycles. The molecule has 2 fully saturated rings. The van der Waals surface area contributed by atoms with E-state index in [1.54, 1.807) is 19.5 Å². The second kappa shape index (κ2) is 7.78. The molecule has 0 unspecified atom stereocenters. The molecule has 0 radical (unpaired) electrons. The summed E-state index contributed by atoms with van der Waals surface area (Å²) < 4.78 is 5.19. The van der Waals surface area contributed by atoms with Gasteiger partial charge in [-0.15, -0.1) is 0 Å². The number of piperazine rings is 1. The molecule has 5 rings (SSSR count). The first kappa shape index (κ1) is 18.6. The smallest absolute Gasteiger partial charge is 0.252 e. The summed E-state index contributed by atoms with van der Waals surface area (Å²) in [5, 5.41) is 4.00. The fourth-order valence-electron chi connectivity index (χ4n) is 3.76. The summed E-state index contributed by atoms with van der Waals surface area (Å²) in [4.78, 5) is 30.8. The van der Waals surface area contributed by atoms with E-state index >= 15 is 0 Å². The predicted octanol–water partition coefficient (Wildman–Crippen LogP) is 2.25. The van der Waals surface area contributed by atoms with Crippen molar-refractivity contribution in [1.82, 2.24) is 20.3 Å². The molecule has 1 saturated heterocycles. The Labute approximate surface area is 174 Å². The lowest BCUT2D eigenvalue weighted by atomic mass is 10.1. The maximum atomic E-state index is 12.8. The van der Waals surface area contributed by atoms with Crippen molar-refractivity contribution < 1.29 is 9.53 Å². The molecule has 3 heterocycles. The SMILES string of the molecule is COc1cncc(N2CCN(c3cc(C(=O)NC4CC4)c4ccccc4n3)CC2)n1. The van der Waals surface area contributed by atoms with Gasteiger partial charge in [0.05, 0.1) is 30.6 Å². The Morgan fingerprint density at radius 1 is 1.03 bits per heavy atom. The van der Waals surface area contributed by atoms with Crippen LogP contribution in [0.4, 0.5) is 11.6 Å². The highest BCUT2D eigenvalue weighted by Gasteiger charge is 2.26. The molecule has 1 aliphatic carbocycles. The van der Waals surface area contributed by atoms with Crippen molar-refractivity contribution in [2.24, 2.45) is 0 Å². The van der Waals surface area contributed by atoms with Crippen LogP contribution in [0.5, 0.6) is 5.88 Å². The topological polar surface area (TPSA) is 83.5 Å². The summed E-state index contributed by atoms with van der Waals surface area (Å²) in [6.45, 7) is 3.15. The van der Waals surface area contributed by atoms with E-state index in [1.807, 2.05) is 30.3 Å². The van der Waals surface area contributed by atoms with Crippen molar-refractivity contribution in [1.29, 1.82) is 0 Å². The van der Waals surface area contributed by atoms with Gasteiger partial charge < -0.3 is 19.9 Å². The predicted molar refractivity (Wildman–Crippen MR) is 115 cm³/mol. The lowest BCUT2D eigenvalue weighted by Gasteiger charge is -2.36. The molecule has 1 N–H and O–H groups in total. The van der Waals surface area contributed by atoms with Gasteiger partial charge in [0.25, 0.3) is 5.91 Å². The van der Waals surface area contributed by atoms with E-state index in [2.05, 4.69) is 25.1 Å². The van der Waals surface area contributed by atoms with E-state index in [0.29, 0.717) is 17.5 Å². The van der Waals surface area contributed by atoms with Gasteiger partial charge in [-0.3, -0.25) is 9.78 Å². The van der Waals surface area contributed by atoms with Crippen LogP contribution in [-0.4, -0.2) is 60.2 Å². The number of nitrogens with one attached hydrogen (secondary N) is 1. The standard InChI is InChI=1S/C22H24N6O2/c1-30-21-14-23-13-20(26-21)28-10-8-27(9-11-28)19-12-17(22(29)24-15-6-7-15)16-4-2-3-5-18(16)25-19/h2-5,12-15H,6-11H2,1H3,(H,24,29). The van der Waals surface area contributed by atoms with E-state index in [1.165, 1.54) is 0 Å². The third-order valence-corrected chi connectivity index (χ3v) is 5.60. The molecule has 0 atom stereocenters. The van der Waals surface area contributed by atoms with Crippen LogP contribution >= 0.6 is 0 Å². The van der Waals surface area contributed by atoms with Gasteiger partial charge in [-0.25, -0.2) is 4.98 Å². The lowest BCUT2D eigenvalue weighted by molar-refractivity contribution is 0.0952. The van der Waals surface area contributed by atoms with Crippen molar-refractivity contribution in [2.75, 3.05) is 43.1 Å². The first-order valence-corrected chi connectivity index (χ1v) is 10.3. The third kappa shape index (κ3) is 3.72. The Kier molecular flexibility index (Phi) is 4.82. The molecule has 8 nitrogen and oxygen atoms in total. The first-order valence-electron chi connectivity index (χ1n) is 10.3. The minimum absolute atomic E-state index is 0.0114. The van der Waals surface area contributed by atoms with Crippen LogP contribution in [0.2, 0.25) is 0 Å². The molecule has 1 amide bonds. The Balaban J connectivity index is 1.38. The molecule has 2 aromatic heterocycles. The number of para-hydroxylation sites is 1. The molecule has 0 spiro atoms. The van der Waals surface area contributed by atoms with E-state index in [4.69, 9.17) is 9.72 Å². The van der Waals surface area contributed by atoms with Crippen molar-refractivity contribution in [3.8, 4) is 5.88 Å². The largest absolute Gasteiger partial charge is 0.480 e. The van der Waals surface area contributed by atoms with Crippen LogP contribution < -0.4 is 19.9 Å². The van der Waals surface area contributed by atoms with Crippen molar-refractivity contribution in [3.05, 3.63) is 48.3 Å². The fourth-order valence-corrected chi connectivity index (χ4v) is 3.76. The molecule has 0 bridgehead atoms. The quantitative estimate of drug-likeness (QED) is 0.698. The van der Waals surface area contributed by atoms with E-state index in [0.717, 1.165) is 61.6 Å². The van der Waals surface area contributed by atoms with Crippen molar-refractivity contribution >= 4 is 28.4 Å². The molecule has 1 aliphatic heterocycles. The zero-order valence-corrected chi connectivity index (χ0v) is 16.9. The zero-order chi connectivity index (χ0) is 20.5. The number of rotatable bonds is 5. The van der Waals surface area contributed by atoms with Gasteiger partial charge in [0.15, 0.2) is 5.82 Å². The zero-order valence-electron chi connectivity index (χ0n) is 16.9. The summed E-state index contributed by atoms with van der Waals surface area (Å²) in [6, 6.07) is 10.1. The number of nitrogens with zero attached hydrogens (tertiary/aromatic N) is 5. The highest BCUT2D eigenvalue weighted by molar-refractivity contribution is 6.07. The van der Waals surface area contributed by atoms with Crippen LogP contribution in [0.3, 0.4) is 0 Å². The number of amides is 1. The Bertz CT molecular complexity index is 1080. The average molecular weight is 404 g/mol. The number of methoxy groups -OCH3 is 1. The number of hydrogen-bond acceptors (Lipinski definition) is 7. The molecule has 1 aromatic carbocycles. The Morgan fingerprint density at radius 2 is 1.77 bits per heavy atom. The average Bonchev–Trinajstić information content (AvgIpc) is 3.62. The van der Waals surface area contributed by atoms with Crippen molar-refractivity contribution in [2.45, 2.75) is 18.9 Å². The van der Waals surface area contributed by atoms with Crippen LogP contribution in [-0.2, 0) is 0 Å². The number of fused-ring (bicyclic) bond motifs is 1. The van der Waals surface area contributed by atoms with E-state index in [-0.39, 0.29) is 5.91 Å². The second-order valence-corrected chi connectivity index (χ2v) is 7.69. The van der Waals surface area contributed by atoms with E-state index < -0.39 is 0 Å². The van der Waals surface area contributed by atoms with Crippen LogP contribution in [0.1, 0.15) is 23.2 Å². The number of aromatic nitrogens is 3. The number of pyridine rings is 1. The molecule has 3 aromatic rings. The van der Waals surface area contributed by atoms with Crippen LogP contribution in [0, 0.1) is 0 Å². The molecule has 2 aliphatic rings. The van der Waals surface area contributed by atoms with Gasteiger partial charge in [-0.1, -0.05) is 18.2 Å². The van der Waals surface area contributed by atoms with Crippen LogP contribution in [0.25, 0.3) is 10.9 Å². The third-order valence-electron chi connectivity index (χ3n) is 5.60. The Hall–Kier alpha value is -3.42. The van der Waals surface area contributed by atoms with Gasteiger partial charge in [0.2, 0.25) is 5.88 Å². The maximum Gasteiger partial charge on any atom is 0.252 e. The minimum Gasteiger partial charge on any atom is -0.480 e. The normalized spacial score (nSPS) is 16.6. The lowest BCUT2D eigenvalue weighted by Crippen LogP contribution is -2.47. The van der Waals surface area contributed by atoms with Crippen molar-refractivity contribution in [3.63, 3.8) is 0 Å². The summed E-state index contributed by atoms with van der Waals surface area (Å²) in [7, 11) is 1.59. The first-order chi connectivity index (χ1) is 14.7. The van der Waals surface area contributed by atoms with Gasteiger partial charge in [0.1, 0.15) is 5.82 Å². The minimum atomic E-state index is -0.0114. The molecule has 154 valence electrons. The summed E-state index contributed by atoms with van der Waals surface area (Å²) in [5.41, 5.74) is 1.54. The number of benzene rings is 1. The fraction of sp³-hybridized carbons (Fsp3) is 0.364. The number of carbonyl (C=O) groups excluding carboxylic acids is 1. The Morgan fingerprint density at radius 3 is 2.50 bits per heavy atom. The summed E-state index contributed by atoms with van der Waals surface area (Å²) in [6.07, 6.45) is 5.49. The monoisotopic (exact) mass is 404 g/mol. The van der Waals surface area contributed by atoms with Gasteiger partial charge in [-0.05, 0) is 25.0 Å². The van der Waals surface area contributed by atoms with E-state index in [9.17, 15) is 4.79 Å². The van der Waals surface area contributed by atoms with Gasteiger partial charge >= 0.3 is 0 Å². The molecular weight excluding hydrogens is 380 g/mol. The molecule has 8 heteroatoms. The van der Waals surface area contributed by atoms with Gasteiger partial charge in [-0.2, -0.15) is 4.98 Å². The highest BCUT2D eigenvalue weighted by atomic mass is 16.5. The number of anilines is 2. The molecule has 30 heavy (non-hydrogen) atoms. The highest BCUT2D eigenvalue weighted by Crippen LogP contribution is 2.26. The maximum absolute atomic E-state index is 12.8. The van der Waals surface area contributed by atoms with Gasteiger partial charge in [0, 0.05) is 37.6 Å². The molecular formula is C22H24N6O2.